The average molecular weight is 315 g/mol. The first-order valence-electron chi connectivity index (χ1n) is 6.78. The molecule has 1 rings (SSSR count). The third kappa shape index (κ3) is 5.28. The van der Waals surface area contributed by atoms with Crippen molar-refractivity contribution in [3.8, 4) is 5.75 Å². The van der Waals surface area contributed by atoms with Crippen molar-refractivity contribution >= 4 is 10.0 Å². The van der Waals surface area contributed by atoms with Gasteiger partial charge in [-0.15, -0.1) is 0 Å². The van der Waals surface area contributed by atoms with Gasteiger partial charge in [0.2, 0.25) is 10.0 Å². The lowest BCUT2D eigenvalue weighted by Gasteiger charge is -2.19. The summed E-state index contributed by atoms with van der Waals surface area (Å²) in [5, 5.41) is 3.00. The maximum atomic E-state index is 12.5. The largest absolute Gasteiger partial charge is 0.495 e. The highest BCUT2D eigenvalue weighted by molar-refractivity contribution is 7.89. The first kappa shape index (κ1) is 17.9. The first-order chi connectivity index (χ1) is 9.80. The van der Waals surface area contributed by atoms with Gasteiger partial charge in [-0.25, -0.2) is 13.1 Å². The van der Waals surface area contributed by atoms with Gasteiger partial charge in [0.1, 0.15) is 10.6 Å². The zero-order valence-corrected chi connectivity index (χ0v) is 14.1. The summed E-state index contributed by atoms with van der Waals surface area (Å²) in [6.07, 6.45) is 0. The van der Waals surface area contributed by atoms with E-state index in [4.69, 9.17) is 4.74 Å². The number of methoxy groups -OCH3 is 1. The van der Waals surface area contributed by atoms with Crippen LogP contribution in [0.25, 0.3) is 0 Å². The quantitative estimate of drug-likeness (QED) is 0.737. The monoisotopic (exact) mass is 315 g/mol. The molecule has 1 unspecified atom stereocenters. The predicted octanol–water partition coefficient (Wildman–Crippen LogP) is 0.643. The second-order valence-electron chi connectivity index (χ2n) is 5.30. The summed E-state index contributed by atoms with van der Waals surface area (Å²) in [7, 11) is 3.47. The van der Waals surface area contributed by atoms with Gasteiger partial charge < -0.3 is 15.0 Å². The maximum Gasteiger partial charge on any atom is 0.244 e. The van der Waals surface area contributed by atoms with Gasteiger partial charge in [0.05, 0.1) is 7.11 Å². The molecule has 120 valence electrons. The molecule has 0 aliphatic heterocycles. The van der Waals surface area contributed by atoms with Crippen molar-refractivity contribution in [3.05, 3.63) is 23.8 Å². The van der Waals surface area contributed by atoms with Crippen molar-refractivity contribution in [2.75, 3.05) is 34.8 Å². The number of ether oxygens (including phenoxy) is 1. The number of likely N-dealkylation sites (N-methyl/N-ethyl adjacent to an activating group) is 1. The molecule has 0 heterocycles. The minimum Gasteiger partial charge on any atom is -0.495 e. The minimum absolute atomic E-state index is 0.170. The van der Waals surface area contributed by atoms with Crippen LogP contribution in [0.1, 0.15) is 12.5 Å². The number of nitrogens with zero attached hydrogens (tertiary/aromatic N) is 1. The lowest BCUT2D eigenvalue weighted by atomic mass is 10.2. The zero-order chi connectivity index (χ0) is 16.0. The molecule has 0 spiro atoms. The van der Waals surface area contributed by atoms with Gasteiger partial charge >= 0.3 is 0 Å². The van der Waals surface area contributed by atoms with Crippen LogP contribution < -0.4 is 14.8 Å². The first-order valence-corrected chi connectivity index (χ1v) is 8.27. The molecule has 1 aromatic carbocycles. The van der Waals surface area contributed by atoms with E-state index in [0.29, 0.717) is 18.8 Å². The lowest BCUT2D eigenvalue weighted by Crippen LogP contribution is -2.39. The molecule has 0 amide bonds. The Morgan fingerprint density at radius 1 is 1.33 bits per heavy atom. The van der Waals surface area contributed by atoms with Crippen LogP contribution in [0.5, 0.6) is 5.75 Å². The van der Waals surface area contributed by atoms with Gasteiger partial charge in [0.25, 0.3) is 0 Å². The normalized spacial score (nSPS) is 13.4. The van der Waals surface area contributed by atoms with E-state index in [9.17, 15) is 8.42 Å². The second-order valence-corrected chi connectivity index (χ2v) is 6.98. The van der Waals surface area contributed by atoms with E-state index >= 15 is 0 Å². The summed E-state index contributed by atoms with van der Waals surface area (Å²) in [6, 6.07) is 4.97. The molecule has 0 aliphatic carbocycles. The topological polar surface area (TPSA) is 70.7 Å². The van der Waals surface area contributed by atoms with E-state index in [0.717, 1.165) is 5.56 Å². The van der Waals surface area contributed by atoms with Crippen LogP contribution in [-0.4, -0.2) is 54.2 Å². The number of sulfonamides is 1. The van der Waals surface area contributed by atoms with Crippen molar-refractivity contribution in [3.63, 3.8) is 0 Å². The van der Waals surface area contributed by atoms with E-state index in [-0.39, 0.29) is 10.9 Å². The Labute approximate surface area is 127 Å². The second kappa shape index (κ2) is 7.74. The third-order valence-electron chi connectivity index (χ3n) is 2.89. The average Bonchev–Trinajstić information content (AvgIpc) is 2.37. The fraction of sp³-hybridized carbons (Fsp3) is 0.571. The summed E-state index contributed by atoms with van der Waals surface area (Å²) in [6.45, 7) is 3.05. The number of nitrogens with one attached hydrogen (secondary N) is 2. The summed E-state index contributed by atoms with van der Waals surface area (Å²) < 4.78 is 32.9. The third-order valence-corrected chi connectivity index (χ3v) is 4.50. The maximum absolute atomic E-state index is 12.5. The molecule has 7 heteroatoms. The van der Waals surface area contributed by atoms with E-state index < -0.39 is 10.0 Å². The molecule has 0 aliphatic rings. The van der Waals surface area contributed by atoms with E-state index in [1.807, 2.05) is 39.0 Å². The summed E-state index contributed by atoms with van der Waals surface area (Å²) >= 11 is 0. The van der Waals surface area contributed by atoms with E-state index in [1.165, 1.54) is 7.11 Å². The Morgan fingerprint density at radius 2 is 2.00 bits per heavy atom. The van der Waals surface area contributed by atoms with Crippen molar-refractivity contribution < 1.29 is 13.2 Å². The van der Waals surface area contributed by atoms with Gasteiger partial charge in [-0.1, -0.05) is 6.07 Å². The SMILES string of the molecule is CNCc1ccc(OC)c(S(=O)(=O)NC(C)CN(C)C)c1. The zero-order valence-electron chi connectivity index (χ0n) is 13.3. The van der Waals surface area contributed by atoms with Crippen LogP contribution in [0, 0.1) is 0 Å². The molecule has 0 bridgehead atoms. The van der Waals surface area contributed by atoms with Crippen molar-refractivity contribution in [2.24, 2.45) is 0 Å². The molecular formula is C14H25N3O3S. The highest BCUT2D eigenvalue weighted by Gasteiger charge is 2.22. The molecular weight excluding hydrogens is 290 g/mol. The lowest BCUT2D eigenvalue weighted by molar-refractivity contribution is 0.369. The molecule has 0 aromatic heterocycles. The van der Waals surface area contributed by atoms with Gasteiger partial charge in [0, 0.05) is 19.1 Å². The Morgan fingerprint density at radius 3 is 2.52 bits per heavy atom. The summed E-state index contributed by atoms with van der Waals surface area (Å²) in [5.41, 5.74) is 0.888. The molecule has 1 aromatic rings. The van der Waals surface area contributed by atoms with Gasteiger partial charge in [-0.05, 0) is 45.8 Å². The van der Waals surface area contributed by atoms with Crippen LogP contribution >= 0.6 is 0 Å². The Kier molecular flexibility index (Phi) is 6.60. The van der Waals surface area contributed by atoms with Crippen molar-refractivity contribution in [1.82, 2.24) is 14.9 Å². The van der Waals surface area contributed by atoms with Crippen LogP contribution in [-0.2, 0) is 16.6 Å². The summed E-state index contributed by atoms with van der Waals surface area (Å²) in [4.78, 5) is 2.10. The van der Waals surface area contributed by atoms with Gasteiger partial charge in [-0.3, -0.25) is 0 Å². The fourth-order valence-corrected chi connectivity index (χ4v) is 3.61. The molecule has 6 nitrogen and oxygen atoms in total. The number of benzene rings is 1. The van der Waals surface area contributed by atoms with Gasteiger partial charge in [0.15, 0.2) is 0 Å². The molecule has 0 radical (unpaired) electrons. The Balaban J connectivity index is 3.07. The summed E-state index contributed by atoms with van der Waals surface area (Å²) in [5.74, 6) is 0.347. The standard InChI is InChI=1S/C14H25N3O3S/c1-11(10-17(3)4)16-21(18,19)14-8-12(9-15-2)6-7-13(14)20-5/h6-8,11,15-16H,9-10H2,1-5H3. The molecule has 0 saturated heterocycles. The fourth-order valence-electron chi connectivity index (χ4n) is 2.16. The van der Waals surface area contributed by atoms with Crippen LogP contribution in [0.15, 0.2) is 23.1 Å². The number of hydrogen-bond acceptors (Lipinski definition) is 5. The molecule has 21 heavy (non-hydrogen) atoms. The smallest absolute Gasteiger partial charge is 0.244 e. The number of hydrogen-bond donors (Lipinski definition) is 2. The molecule has 2 N–H and O–H groups in total. The Hall–Kier alpha value is -1.15. The van der Waals surface area contributed by atoms with Crippen LogP contribution in [0.3, 0.4) is 0 Å². The van der Waals surface area contributed by atoms with Gasteiger partial charge in [-0.2, -0.15) is 0 Å². The van der Waals surface area contributed by atoms with Crippen molar-refractivity contribution in [2.45, 2.75) is 24.4 Å². The molecule has 0 saturated carbocycles. The van der Waals surface area contributed by atoms with Crippen LogP contribution in [0.2, 0.25) is 0 Å². The van der Waals surface area contributed by atoms with E-state index in [2.05, 4.69) is 10.0 Å². The minimum atomic E-state index is -3.62. The predicted molar refractivity (Wildman–Crippen MR) is 84.1 cm³/mol. The van der Waals surface area contributed by atoms with E-state index in [1.54, 1.807) is 12.1 Å². The number of rotatable bonds is 8. The Bertz CT molecular complexity index is 559. The molecule has 1 atom stereocenters. The highest BCUT2D eigenvalue weighted by atomic mass is 32.2. The van der Waals surface area contributed by atoms with Crippen molar-refractivity contribution in [1.29, 1.82) is 0 Å². The molecule has 0 fully saturated rings. The van der Waals surface area contributed by atoms with Crippen LogP contribution in [0.4, 0.5) is 0 Å². The highest BCUT2D eigenvalue weighted by Crippen LogP contribution is 2.25.